The Labute approximate surface area is 302 Å². The van der Waals surface area contributed by atoms with Crippen molar-refractivity contribution < 1.29 is 23.7 Å². The molecule has 2 atom stereocenters. The van der Waals surface area contributed by atoms with E-state index < -0.39 is 0 Å². The molecule has 49 heavy (non-hydrogen) atoms. The average molecular weight is 715 g/mol. The van der Waals surface area contributed by atoms with Crippen LogP contribution in [0.1, 0.15) is 61.0 Å². The Balaban J connectivity index is 0.00000234. The highest BCUT2D eigenvalue weighted by molar-refractivity contribution is 5.85. The van der Waals surface area contributed by atoms with Gasteiger partial charge in [0, 0.05) is 63.2 Å². The summed E-state index contributed by atoms with van der Waals surface area (Å²) in [5.74, 6) is 2.42. The van der Waals surface area contributed by atoms with E-state index in [0.29, 0.717) is 50.5 Å². The number of carbonyl (C=O) groups is 1. The number of rotatable bonds is 10. The minimum absolute atomic E-state index is 0. The molecule has 1 aromatic heterocycles. The van der Waals surface area contributed by atoms with Gasteiger partial charge in [0.15, 0.2) is 0 Å². The minimum Gasteiger partial charge on any atom is -0.481 e. The number of benzene rings is 2. The second-order valence-electron chi connectivity index (χ2n) is 13.6. The number of aromatic nitrogens is 2. The van der Waals surface area contributed by atoms with Crippen LogP contribution >= 0.6 is 24.8 Å². The van der Waals surface area contributed by atoms with E-state index >= 15 is 0 Å². The Bertz CT molecular complexity index is 1470. The Morgan fingerprint density at radius 3 is 2.10 bits per heavy atom. The summed E-state index contributed by atoms with van der Waals surface area (Å²) in [7, 11) is 1.69. The predicted molar refractivity (Wildman–Crippen MR) is 192 cm³/mol. The third-order valence-electron chi connectivity index (χ3n) is 9.85. The van der Waals surface area contributed by atoms with Gasteiger partial charge in [-0.05, 0) is 37.8 Å². The average Bonchev–Trinajstić information content (AvgIpc) is 3.96. The van der Waals surface area contributed by atoms with Gasteiger partial charge in [-0.25, -0.2) is 0 Å². The lowest BCUT2D eigenvalue weighted by atomic mass is 9.81. The molecule has 4 aliphatic rings. The Morgan fingerprint density at radius 1 is 0.878 bits per heavy atom. The van der Waals surface area contributed by atoms with Crippen molar-refractivity contribution in [1.82, 2.24) is 24.7 Å². The molecule has 10 nitrogen and oxygen atoms in total. The van der Waals surface area contributed by atoms with Crippen LogP contribution in [0.2, 0.25) is 0 Å². The molecule has 0 N–H and O–H groups in total. The molecule has 3 saturated heterocycles. The number of hydrogen-bond acceptors (Lipinski definition) is 9. The number of halogens is 2. The summed E-state index contributed by atoms with van der Waals surface area (Å²) in [6.45, 7) is 9.52. The lowest BCUT2D eigenvalue weighted by Gasteiger charge is -2.54. The van der Waals surface area contributed by atoms with E-state index in [1.807, 2.05) is 18.7 Å². The fourth-order valence-electron chi connectivity index (χ4n) is 7.51. The van der Waals surface area contributed by atoms with E-state index in [0.717, 1.165) is 43.9 Å². The Hall–Kier alpha value is -2.99. The lowest BCUT2D eigenvalue weighted by molar-refractivity contribution is -0.164. The summed E-state index contributed by atoms with van der Waals surface area (Å²) in [6.07, 6.45) is 2.17. The quantitative estimate of drug-likeness (QED) is 0.283. The van der Waals surface area contributed by atoms with Gasteiger partial charge < -0.3 is 23.8 Å². The Morgan fingerprint density at radius 2 is 1.51 bits per heavy atom. The molecule has 0 bridgehead atoms. The molecule has 3 aromatic rings. The van der Waals surface area contributed by atoms with E-state index in [1.165, 1.54) is 11.1 Å². The van der Waals surface area contributed by atoms with Crippen molar-refractivity contribution in [3.63, 3.8) is 0 Å². The zero-order chi connectivity index (χ0) is 32.3. The highest BCUT2D eigenvalue weighted by atomic mass is 35.5. The number of ether oxygens (including phenoxy) is 4. The smallest absolute Gasteiger partial charge is 0.230 e. The van der Waals surface area contributed by atoms with Crippen molar-refractivity contribution >= 4 is 30.7 Å². The summed E-state index contributed by atoms with van der Waals surface area (Å²) < 4.78 is 23.2. The van der Waals surface area contributed by atoms with Crippen LogP contribution in [-0.2, 0) is 20.8 Å². The van der Waals surface area contributed by atoms with E-state index in [4.69, 9.17) is 28.9 Å². The molecule has 3 aliphatic heterocycles. The van der Waals surface area contributed by atoms with E-state index in [9.17, 15) is 4.79 Å². The zero-order valence-electron chi connectivity index (χ0n) is 28.6. The number of hydrogen-bond donors (Lipinski definition) is 0. The third-order valence-corrected chi connectivity index (χ3v) is 9.85. The van der Waals surface area contributed by atoms with Gasteiger partial charge in [0.2, 0.25) is 17.7 Å². The maximum absolute atomic E-state index is 13.7. The second kappa shape index (κ2) is 16.8. The van der Waals surface area contributed by atoms with Crippen LogP contribution in [-0.4, -0.2) is 109 Å². The summed E-state index contributed by atoms with van der Waals surface area (Å²) >= 11 is 0. The van der Waals surface area contributed by atoms with E-state index in [1.54, 1.807) is 7.11 Å². The van der Waals surface area contributed by atoms with Gasteiger partial charge in [-0.2, -0.15) is 9.97 Å². The first kappa shape index (κ1) is 37.3. The first-order valence-corrected chi connectivity index (χ1v) is 17.1. The van der Waals surface area contributed by atoms with Crippen molar-refractivity contribution in [3.05, 3.63) is 83.2 Å². The van der Waals surface area contributed by atoms with E-state index in [-0.39, 0.29) is 67.5 Å². The summed E-state index contributed by atoms with van der Waals surface area (Å²) in [6, 6.07) is 22.0. The first-order valence-electron chi connectivity index (χ1n) is 17.1. The van der Waals surface area contributed by atoms with Crippen molar-refractivity contribution in [2.24, 2.45) is 5.92 Å². The summed E-state index contributed by atoms with van der Waals surface area (Å²) in [5.41, 5.74) is 3.46. The molecule has 0 unspecified atom stereocenters. The normalized spacial score (nSPS) is 21.9. The molecule has 4 heterocycles. The van der Waals surface area contributed by atoms with Crippen molar-refractivity contribution in [3.8, 4) is 11.8 Å². The van der Waals surface area contributed by atoms with Crippen LogP contribution < -0.4 is 9.47 Å². The van der Waals surface area contributed by atoms with Gasteiger partial charge in [0.25, 0.3) is 0 Å². The molecular formula is C37H49Cl2N5O5. The monoisotopic (exact) mass is 713 g/mol. The number of nitrogens with zero attached hydrogens (tertiary/aromatic N) is 5. The molecule has 1 saturated carbocycles. The number of piperazine rings is 2. The summed E-state index contributed by atoms with van der Waals surface area (Å²) in [4.78, 5) is 30.7. The second-order valence-corrected chi connectivity index (χ2v) is 13.6. The molecule has 1 amide bonds. The fourth-order valence-corrected chi connectivity index (χ4v) is 7.51. The van der Waals surface area contributed by atoms with E-state index in [2.05, 4.69) is 70.5 Å². The lowest BCUT2D eigenvalue weighted by Crippen LogP contribution is -2.67. The van der Waals surface area contributed by atoms with Crippen LogP contribution in [0.4, 0.5) is 0 Å². The van der Waals surface area contributed by atoms with Gasteiger partial charge in [-0.3, -0.25) is 14.6 Å². The van der Waals surface area contributed by atoms with Crippen molar-refractivity contribution in [2.45, 2.75) is 63.3 Å². The predicted octanol–water partition coefficient (Wildman–Crippen LogP) is 5.14. The summed E-state index contributed by atoms with van der Waals surface area (Å²) in [5, 5.41) is 0. The van der Waals surface area contributed by atoms with Crippen LogP contribution in [0.3, 0.4) is 0 Å². The molecule has 4 fully saturated rings. The number of carbonyl (C=O) groups excluding carboxylic acids is 1. The maximum atomic E-state index is 13.7. The largest absolute Gasteiger partial charge is 0.481 e. The number of fused-ring (bicyclic) bond motifs is 1. The van der Waals surface area contributed by atoms with Gasteiger partial charge in [0.1, 0.15) is 12.6 Å². The van der Waals surface area contributed by atoms with Crippen molar-refractivity contribution in [1.29, 1.82) is 0 Å². The highest BCUT2D eigenvalue weighted by Gasteiger charge is 2.44. The van der Waals surface area contributed by atoms with Crippen LogP contribution in [0.25, 0.3) is 0 Å². The zero-order valence-corrected chi connectivity index (χ0v) is 30.2. The highest BCUT2D eigenvalue weighted by Crippen LogP contribution is 2.42. The van der Waals surface area contributed by atoms with Gasteiger partial charge >= 0.3 is 0 Å². The molecule has 2 aromatic carbocycles. The van der Waals surface area contributed by atoms with Crippen LogP contribution in [0, 0.1) is 5.92 Å². The first-order chi connectivity index (χ1) is 23.0. The number of amides is 1. The standard InChI is InChI=1S/C37H47N5O5.2ClH/c1-25(2)47-36-31(35(44-3)38-34(39-36)28-14-15-28)20-40-18-30-19-41(37(43)29-22-45-24-46-23-29)16-17-42(30)32(21-40)33(26-10-6-4-7-11-26)27-12-8-5-9-13-27;;/h4-13,25,28-30,32-33H,14-24H2,1-3H3;2*1H/t30-,32+;;/m1../s1. The molecule has 0 radical (unpaired) electrons. The molecule has 7 rings (SSSR count). The fraction of sp³-hybridized carbons (Fsp3) is 0.541. The van der Waals surface area contributed by atoms with Crippen LogP contribution in [0.5, 0.6) is 11.8 Å². The third kappa shape index (κ3) is 8.49. The molecular weight excluding hydrogens is 665 g/mol. The SMILES string of the molecule is COc1nc(C2CC2)nc(OC(C)C)c1CN1C[C@@H]2CN(C(=O)C3COCOC3)CCN2[C@H](C(c2ccccc2)c2ccccc2)C1.Cl.Cl. The molecule has 0 spiro atoms. The molecule has 12 heteroatoms. The number of methoxy groups -OCH3 is 1. The van der Waals surface area contributed by atoms with Crippen molar-refractivity contribution in [2.75, 3.05) is 59.8 Å². The van der Waals surface area contributed by atoms with Crippen LogP contribution in [0.15, 0.2) is 60.7 Å². The topological polar surface area (TPSA) is 89.5 Å². The van der Waals surface area contributed by atoms with Gasteiger partial charge in [0.05, 0.1) is 37.9 Å². The minimum atomic E-state index is -0.255. The molecule has 266 valence electrons. The van der Waals surface area contributed by atoms with Gasteiger partial charge in [-0.1, -0.05) is 60.7 Å². The maximum Gasteiger partial charge on any atom is 0.230 e. The Kier molecular flexibility index (Phi) is 12.8. The molecule has 1 aliphatic carbocycles. The van der Waals surface area contributed by atoms with Gasteiger partial charge in [-0.15, -0.1) is 24.8 Å².